The maximum absolute atomic E-state index is 4.21. The van der Waals surface area contributed by atoms with Gasteiger partial charge < -0.3 is 0 Å². The molecule has 1 unspecified atom stereocenters. The second-order valence-corrected chi connectivity index (χ2v) is 2.38. The van der Waals surface area contributed by atoms with Crippen molar-refractivity contribution in [1.82, 2.24) is 4.98 Å². The van der Waals surface area contributed by atoms with Gasteiger partial charge in [-0.2, -0.15) is 0 Å². The topological polar surface area (TPSA) is 25.2 Å². The van der Waals surface area contributed by atoms with Crippen LogP contribution in [0.1, 0.15) is 11.7 Å². The minimum absolute atomic E-state index is 0.149. The van der Waals surface area contributed by atoms with E-state index in [-0.39, 0.29) is 6.04 Å². The van der Waals surface area contributed by atoms with E-state index in [4.69, 9.17) is 0 Å². The molecule has 2 nitrogen and oxygen atoms in total. The van der Waals surface area contributed by atoms with Crippen LogP contribution >= 0.6 is 0 Å². The van der Waals surface area contributed by atoms with E-state index in [1.165, 1.54) is 0 Å². The Morgan fingerprint density at radius 3 is 2.91 bits per heavy atom. The molecule has 2 heterocycles. The molecule has 0 fully saturated rings. The van der Waals surface area contributed by atoms with E-state index in [9.17, 15) is 0 Å². The maximum atomic E-state index is 4.21. The highest BCUT2D eigenvalue weighted by atomic mass is 14.8. The molecule has 1 aliphatic rings. The fourth-order valence-corrected chi connectivity index (χ4v) is 1.07. The lowest BCUT2D eigenvalue weighted by Crippen LogP contribution is -1.91. The number of hydrogen-bond donors (Lipinski definition) is 0. The Kier molecular flexibility index (Phi) is 1.52. The molecular formula is C9H8N2. The Bertz CT molecular complexity index is 276. The van der Waals surface area contributed by atoms with Crippen LogP contribution in [0.4, 0.5) is 0 Å². The van der Waals surface area contributed by atoms with E-state index in [1.807, 2.05) is 30.4 Å². The molecule has 0 spiro atoms. The molecule has 0 amide bonds. The molecule has 11 heavy (non-hydrogen) atoms. The molecule has 1 aromatic heterocycles. The average molecular weight is 144 g/mol. The number of hydrogen-bond acceptors (Lipinski definition) is 2. The van der Waals surface area contributed by atoms with Crippen LogP contribution in [0, 0.1) is 0 Å². The molecular weight excluding hydrogens is 136 g/mol. The summed E-state index contributed by atoms with van der Waals surface area (Å²) in [6.07, 6.45) is 7.57. The zero-order valence-corrected chi connectivity index (χ0v) is 6.01. The molecule has 0 bridgehead atoms. The van der Waals surface area contributed by atoms with Crippen LogP contribution in [0.2, 0.25) is 0 Å². The van der Waals surface area contributed by atoms with Gasteiger partial charge in [0.25, 0.3) is 0 Å². The summed E-state index contributed by atoms with van der Waals surface area (Å²) in [6, 6.07) is 6.02. The van der Waals surface area contributed by atoms with Gasteiger partial charge in [0.1, 0.15) is 6.04 Å². The van der Waals surface area contributed by atoms with E-state index in [1.54, 1.807) is 12.4 Å². The molecule has 2 rings (SSSR count). The summed E-state index contributed by atoms with van der Waals surface area (Å²) >= 11 is 0. The first-order chi connectivity index (χ1) is 5.47. The molecule has 1 atom stereocenters. The molecule has 2 heteroatoms. The lowest BCUT2D eigenvalue weighted by Gasteiger charge is -2.01. The van der Waals surface area contributed by atoms with E-state index in [0.29, 0.717) is 0 Å². The molecule has 1 aromatic rings. The zero-order valence-electron chi connectivity index (χ0n) is 6.01. The average Bonchev–Trinajstić information content (AvgIpc) is 2.58. The molecule has 54 valence electrons. The van der Waals surface area contributed by atoms with Crippen LogP contribution in [0.25, 0.3) is 0 Å². The molecule has 0 saturated carbocycles. The summed E-state index contributed by atoms with van der Waals surface area (Å²) in [4.78, 5) is 8.40. The van der Waals surface area contributed by atoms with Crippen LogP contribution in [0.5, 0.6) is 0 Å². The number of nitrogens with zero attached hydrogens (tertiary/aromatic N) is 2. The summed E-state index contributed by atoms with van der Waals surface area (Å²) in [5, 5.41) is 0. The third-order valence-electron chi connectivity index (χ3n) is 1.62. The van der Waals surface area contributed by atoms with Crippen molar-refractivity contribution in [2.45, 2.75) is 6.04 Å². The highest BCUT2D eigenvalue weighted by Crippen LogP contribution is 2.18. The van der Waals surface area contributed by atoms with E-state index in [0.717, 1.165) is 5.69 Å². The number of aliphatic imine (C=N–C) groups is 1. The number of pyridine rings is 1. The number of aromatic nitrogens is 1. The fraction of sp³-hybridized carbons (Fsp3) is 0.111. The Hall–Kier alpha value is -1.44. The summed E-state index contributed by atoms with van der Waals surface area (Å²) < 4.78 is 0. The van der Waals surface area contributed by atoms with Gasteiger partial charge in [0.05, 0.1) is 5.69 Å². The monoisotopic (exact) mass is 144 g/mol. The first kappa shape index (κ1) is 6.28. The molecule has 0 N–H and O–H groups in total. The molecule has 0 aliphatic carbocycles. The van der Waals surface area contributed by atoms with Crippen molar-refractivity contribution in [2.75, 3.05) is 0 Å². The summed E-state index contributed by atoms with van der Waals surface area (Å²) in [5.74, 6) is 0. The van der Waals surface area contributed by atoms with Gasteiger partial charge in [0.15, 0.2) is 0 Å². The second kappa shape index (κ2) is 2.66. The smallest absolute Gasteiger partial charge is 0.110 e. The molecule has 0 radical (unpaired) electrons. The third-order valence-corrected chi connectivity index (χ3v) is 1.62. The Morgan fingerprint density at radius 2 is 2.27 bits per heavy atom. The predicted molar refractivity (Wildman–Crippen MR) is 44.6 cm³/mol. The third kappa shape index (κ3) is 1.19. The SMILES string of the molecule is C1=CC(c2ccccn2)N=C1. The summed E-state index contributed by atoms with van der Waals surface area (Å²) in [7, 11) is 0. The summed E-state index contributed by atoms with van der Waals surface area (Å²) in [6.45, 7) is 0. The molecule has 1 aliphatic heterocycles. The van der Waals surface area contributed by atoms with Crippen molar-refractivity contribution in [1.29, 1.82) is 0 Å². The highest BCUT2D eigenvalue weighted by molar-refractivity contribution is 5.74. The van der Waals surface area contributed by atoms with Crippen LogP contribution in [-0.4, -0.2) is 11.2 Å². The van der Waals surface area contributed by atoms with Crippen molar-refractivity contribution >= 4 is 6.21 Å². The maximum Gasteiger partial charge on any atom is 0.110 e. The van der Waals surface area contributed by atoms with Crippen molar-refractivity contribution in [2.24, 2.45) is 4.99 Å². The van der Waals surface area contributed by atoms with Gasteiger partial charge in [-0.25, -0.2) is 0 Å². The lowest BCUT2D eigenvalue weighted by atomic mass is 10.2. The molecule has 0 saturated heterocycles. The van der Waals surface area contributed by atoms with Gasteiger partial charge in [-0.1, -0.05) is 12.1 Å². The Labute approximate surface area is 65.3 Å². The van der Waals surface area contributed by atoms with E-state index >= 15 is 0 Å². The zero-order chi connectivity index (χ0) is 7.52. The fourth-order valence-electron chi connectivity index (χ4n) is 1.07. The Morgan fingerprint density at radius 1 is 1.27 bits per heavy atom. The first-order valence-electron chi connectivity index (χ1n) is 3.58. The standard InChI is InChI=1S/C9H8N2/c1-2-6-10-8(4-1)9-5-3-7-11-9/h1-7,9H. The van der Waals surface area contributed by atoms with Gasteiger partial charge >= 0.3 is 0 Å². The van der Waals surface area contributed by atoms with Gasteiger partial charge in [0, 0.05) is 12.4 Å². The van der Waals surface area contributed by atoms with Crippen LogP contribution < -0.4 is 0 Å². The van der Waals surface area contributed by atoms with Gasteiger partial charge in [0.2, 0.25) is 0 Å². The van der Waals surface area contributed by atoms with Crippen LogP contribution in [0.3, 0.4) is 0 Å². The quantitative estimate of drug-likeness (QED) is 0.589. The summed E-state index contributed by atoms with van der Waals surface area (Å²) in [5.41, 5.74) is 1.01. The van der Waals surface area contributed by atoms with Gasteiger partial charge in [-0.3, -0.25) is 9.98 Å². The van der Waals surface area contributed by atoms with Crippen molar-refractivity contribution < 1.29 is 0 Å². The first-order valence-corrected chi connectivity index (χ1v) is 3.58. The highest BCUT2D eigenvalue weighted by Gasteiger charge is 2.07. The minimum atomic E-state index is 0.149. The lowest BCUT2D eigenvalue weighted by molar-refractivity contribution is 0.882. The molecule has 0 aromatic carbocycles. The van der Waals surface area contributed by atoms with Crippen molar-refractivity contribution in [3.63, 3.8) is 0 Å². The van der Waals surface area contributed by atoms with Gasteiger partial charge in [-0.05, 0) is 18.2 Å². The van der Waals surface area contributed by atoms with Crippen LogP contribution in [-0.2, 0) is 0 Å². The van der Waals surface area contributed by atoms with Crippen LogP contribution in [0.15, 0.2) is 41.5 Å². The second-order valence-electron chi connectivity index (χ2n) is 2.38. The van der Waals surface area contributed by atoms with Crippen molar-refractivity contribution in [3.8, 4) is 0 Å². The van der Waals surface area contributed by atoms with E-state index in [2.05, 4.69) is 9.98 Å². The predicted octanol–water partition coefficient (Wildman–Crippen LogP) is 1.76. The largest absolute Gasteiger partial charge is 0.279 e. The number of allylic oxidation sites excluding steroid dienone is 1. The van der Waals surface area contributed by atoms with E-state index < -0.39 is 0 Å². The minimum Gasteiger partial charge on any atom is -0.279 e. The number of rotatable bonds is 1. The van der Waals surface area contributed by atoms with Gasteiger partial charge in [-0.15, -0.1) is 0 Å². The normalized spacial score (nSPS) is 20.9. The van der Waals surface area contributed by atoms with Crippen molar-refractivity contribution in [3.05, 3.63) is 42.2 Å². The Balaban J connectivity index is 2.30.